The maximum Gasteiger partial charge on any atom is 0.252 e. The number of fused-ring (bicyclic) bond motifs is 1. The van der Waals surface area contributed by atoms with Crippen molar-refractivity contribution in [2.24, 2.45) is 11.7 Å². The predicted molar refractivity (Wildman–Crippen MR) is 115 cm³/mol. The number of hydrogen-bond donors (Lipinski definition) is 3. The Balaban J connectivity index is 0.00000240. The second-order valence-corrected chi connectivity index (χ2v) is 7.58. The lowest BCUT2D eigenvalue weighted by molar-refractivity contribution is -0.117. The van der Waals surface area contributed by atoms with Crippen LogP contribution in [0.2, 0.25) is 0 Å². The first kappa shape index (κ1) is 21.1. The molecule has 0 bridgehead atoms. The molecule has 1 saturated heterocycles. The molecule has 0 spiro atoms. The zero-order valence-corrected chi connectivity index (χ0v) is 16.9. The molecule has 3 atom stereocenters. The van der Waals surface area contributed by atoms with Crippen molar-refractivity contribution in [3.8, 4) is 11.5 Å². The topological polar surface area (TPSA) is 93.5 Å². The standard InChI is InChI=1S/C22H25N3O3.ClH/c23-21(26)17-6-2-4-8-20(17)28-16-11-9-15(10-12-16)24-22(27)19-13-14-5-1-3-7-18(14)25-19;/h2,4,6,8-12,14,18-19,25H,1,3,5,7,13H2,(H2,23,26)(H,24,27);1H. The molecule has 2 aromatic carbocycles. The van der Waals surface area contributed by atoms with Crippen molar-refractivity contribution in [1.29, 1.82) is 0 Å². The number of nitrogens with two attached hydrogens (primary N) is 1. The van der Waals surface area contributed by atoms with E-state index in [1.54, 1.807) is 48.5 Å². The summed E-state index contributed by atoms with van der Waals surface area (Å²) < 4.78 is 5.77. The van der Waals surface area contributed by atoms with Gasteiger partial charge in [-0.15, -0.1) is 12.4 Å². The number of benzene rings is 2. The van der Waals surface area contributed by atoms with Gasteiger partial charge in [-0.25, -0.2) is 0 Å². The van der Waals surface area contributed by atoms with E-state index in [1.165, 1.54) is 25.7 Å². The van der Waals surface area contributed by atoms with Crippen LogP contribution in [0, 0.1) is 5.92 Å². The highest BCUT2D eigenvalue weighted by Crippen LogP contribution is 2.33. The zero-order valence-electron chi connectivity index (χ0n) is 16.1. The first-order valence-electron chi connectivity index (χ1n) is 9.84. The number of primary amides is 1. The van der Waals surface area contributed by atoms with Gasteiger partial charge in [0.1, 0.15) is 11.5 Å². The molecule has 3 unspecified atom stereocenters. The van der Waals surface area contributed by atoms with Gasteiger partial charge in [-0.3, -0.25) is 9.59 Å². The molecule has 2 fully saturated rings. The van der Waals surface area contributed by atoms with Crippen LogP contribution >= 0.6 is 12.4 Å². The summed E-state index contributed by atoms with van der Waals surface area (Å²) in [5.74, 6) is 1.08. The maximum absolute atomic E-state index is 12.6. The Labute approximate surface area is 176 Å². The van der Waals surface area contributed by atoms with Crippen LogP contribution in [0.1, 0.15) is 42.5 Å². The number of carbonyl (C=O) groups is 2. The Morgan fingerprint density at radius 3 is 2.48 bits per heavy atom. The molecule has 29 heavy (non-hydrogen) atoms. The van der Waals surface area contributed by atoms with Crippen LogP contribution in [0.15, 0.2) is 48.5 Å². The van der Waals surface area contributed by atoms with Crippen LogP contribution < -0.4 is 21.1 Å². The number of hydrogen-bond acceptors (Lipinski definition) is 4. The fraction of sp³-hybridized carbons (Fsp3) is 0.364. The minimum atomic E-state index is -0.538. The number of para-hydroxylation sites is 1. The lowest BCUT2D eigenvalue weighted by Gasteiger charge is -2.24. The predicted octanol–water partition coefficient (Wildman–Crippen LogP) is 3.86. The first-order chi connectivity index (χ1) is 13.6. The highest BCUT2D eigenvalue weighted by Gasteiger charge is 2.38. The van der Waals surface area contributed by atoms with Crippen molar-refractivity contribution >= 4 is 29.9 Å². The SMILES string of the molecule is Cl.NC(=O)c1ccccc1Oc1ccc(NC(=O)C2CC3CCCCC3N2)cc1. The normalized spacial score (nSPS) is 22.8. The molecule has 1 aliphatic heterocycles. The van der Waals surface area contributed by atoms with Crippen LogP contribution in [0.25, 0.3) is 0 Å². The van der Waals surface area contributed by atoms with Crippen LogP contribution in [-0.2, 0) is 4.79 Å². The van der Waals surface area contributed by atoms with E-state index < -0.39 is 5.91 Å². The quantitative estimate of drug-likeness (QED) is 0.691. The Morgan fingerprint density at radius 1 is 1.03 bits per heavy atom. The molecule has 2 aromatic rings. The molecular formula is C22H26ClN3O3. The van der Waals surface area contributed by atoms with E-state index in [0.29, 0.717) is 29.0 Å². The molecule has 0 radical (unpaired) electrons. The van der Waals surface area contributed by atoms with Crippen molar-refractivity contribution in [1.82, 2.24) is 5.32 Å². The Morgan fingerprint density at radius 2 is 1.76 bits per heavy atom. The smallest absolute Gasteiger partial charge is 0.252 e. The third kappa shape index (κ3) is 4.89. The second kappa shape index (κ2) is 9.29. The molecule has 6 nitrogen and oxygen atoms in total. The summed E-state index contributed by atoms with van der Waals surface area (Å²) in [6, 6.07) is 14.3. The van der Waals surface area contributed by atoms with Gasteiger partial charge in [0.05, 0.1) is 11.6 Å². The van der Waals surface area contributed by atoms with E-state index in [4.69, 9.17) is 10.5 Å². The molecule has 7 heteroatoms. The van der Waals surface area contributed by atoms with Gasteiger partial charge in [-0.1, -0.05) is 25.0 Å². The average Bonchev–Trinajstić information content (AvgIpc) is 3.14. The van der Waals surface area contributed by atoms with Crippen LogP contribution in [0.3, 0.4) is 0 Å². The van der Waals surface area contributed by atoms with Crippen LogP contribution in [0.5, 0.6) is 11.5 Å². The zero-order chi connectivity index (χ0) is 19.5. The highest BCUT2D eigenvalue weighted by atomic mass is 35.5. The molecule has 1 heterocycles. The fourth-order valence-electron chi connectivity index (χ4n) is 4.24. The van der Waals surface area contributed by atoms with Gasteiger partial charge in [-0.2, -0.15) is 0 Å². The number of amides is 2. The highest BCUT2D eigenvalue weighted by molar-refractivity contribution is 5.96. The molecule has 4 N–H and O–H groups in total. The second-order valence-electron chi connectivity index (χ2n) is 7.58. The molecule has 0 aromatic heterocycles. The van der Waals surface area contributed by atoms with Crippen molar-refractivity contribution in [2.75, 3.05) is 5.32 Å². The summed E-state index contributed by atoms with van der Waals surface area (Å²) >= 11 is 0. The van der Waals surface area contributed by atoms with Crippen molar-refractivity contribution in [3.05, 3.63) is 54.1 Å². The van der Waals surface area contributed by atoms with E-state index >= 15 is 0 Å². The van der Waals surface area contributed by atoms with Gasteiger partial charge < -0.3 is 21.1 Å². The van der Waals surface area contributed by atoms with Gasteiger partial charge in [-0.05, 0) is 61.6 Å². The first-order valence-corrected chi connectivity index (χ1v) is 9.84. The van der Waals surface area contributed by atoms with Gasteiger partial charge in [0.25, 0.3) is 5.91 Å². The van der Waals surface area contributed by atoms with Crippen LogP contribution in [-0.4, -0.2) is 23.9 Å². The van der Waals surface area contributed by atoms with E-state index in [9.17, 15) is 9.59 Å². The summed E-state index contributed by atoms with van der Waals surface area (Å²) in [6.07, 6.45) is 5.84. The van der Waals surface area contributed by atoms with Crippen molar-refractivity contribution in [3.63, 3.8) is 0 Å². The summed E-state index contributed by atoms with van der Waals surface area (Å²) in [5.41, 5.74) is 6.43. The van der Waals surface area contributed by atoms with Crippen LogP contribution in [0.4, 0.5) is 5.69 Å². The van der Waals surface area contributed by atoms with Gasteiger partial charge >= 0.3 is 0 Å². The number of rotatable bonds is 5. The molecule has 154 valence electrons. The molecule has 1 saturated carbocycles. The summed E-state index contributed by atoms with van der Waals surface area (Å²) in [6.45, 7) is 0. The van der Waals surface area contributed by atoms with Crippen molar-refractivity contribution in [2.45, 2.75) is 44.2 Å². The molecule has 2 aliphatic rings. The summed E-state index contributed by atoms with van der Waals surface area (Å²) in [7, 11) is 0. The number of ether oxygens (including phenoxy) is 1. The van der Waals surface area contributed by atoms with E-state index in [2.05, 4.69) is 10.6 Å². The Kier molecular flexibility index (Phi) is 6.77. The Bertz CT molecular complexity index is 858. The third-order valence-corrected chi connectivity index (χ3v) is 5.68. The largest absolute Gasteiger partial charge is 0.457 e. The van der Waals surface area contributed by atoms with Gasteiger partial charge in [0.2, 0.25) is 5.91 Å². The monoisotopic (exact) mass is 415 g/mol. The number of carbonyl (C=O) groups excluding carboxylic acids is 2. The lowest BCUT2D eigenvalue weighted by atomic mass is 9.85. The summed E-state index contributed by atoms with van der Waals surface area (Å²) in [5, 5.41) is 6.48. The molecule has 2 amide bonds. The molecular weight excluding hydrogens is 390 g/mol. The molecule has 4 rings (SSSR count). The fourth-order valence-corrected chi connectivity index (χ4v) is 4.24. The van der Waals surface area contributed by atoms with Crippen molar-refractivity contribution < 1.29 is 14.3 Å². The van der Waals surface area contributed by atoms with E-state index in [1.807, 2.05) is 0 Å². The van der Waals surface area contributed by atoms with Gasteiger partial charge in [0, 0.05) is 11.7 Å². The molecule has 1 aliphatic carbocycles. The minimum Gasteiger partial charge on any atom is -0.457 e. The van der Waals surface area contributed by atoms with E-state index in [0.717, 1.165) is 12.1 Å². The lowest BCUT2D eigenvalue weighted by Crippen LogP contribution is -2.39. The maximum atomic E-state index is 12.6. The minimum absolute atomic E-state index is 0. The van der Waals surface area contributed by atoms with E-state index in [-0.39, 0.29) is 24.4 Å². The Hall–Kier alpha value is -2.57. The number of halogens is 1. The third-order valence-electron chi connectivity index (χ3n) is 5.68. The number of nitrogens with one attached hydrogen (secondary N) is 2. The summed E-state index contributed by atoms with van der Waals surface area (Å²) in [4.78, 5) is 24.1. The average molecular weight is 416 g/mol. The number of anilines is 1. The van der Waals surface area contributed by atoms with Gasteiger partial charge in [0.15, 0.2) is 0 Å².